The molecule has 0 saturated heterocycles. The molecule has 0 bridgehead atoms. The summed E-state index contributed by atoms with van der Waals surface area (Å²) in [5, 5.41) is 6.65. The molecule has 0 radical (unpaired) electrons. The standard InChI is InChI=1S/C19H21Cl2N3O3/c1-3-4-13-5-6-16(17(9-13)26-2)27-12-18(25)22-7-8-23-19-15(21)10-14(20)11-24-19/h3,5-6,9-11H,1,4,7-8,12H2,2H3,(H,22,25)(H,23,24). The third kappa shape index (κ3) is 6.66. The van der Waals surface area contributed by atoms with Crippen molar-refractivity contribution in [3.8, 4) is 11.5 Å². The van der Waals surface area contributed by atoms with Gasteiger partial charge < -0.3 is 20.1 Å². The van der Waals surface area contributed by atoms with Crippen LogP contribution in [-0.2, 0) is 11.2 Å². The Bertz CT molecular complexity index is 800. The Kier molecular flexibility index (Phi) is 8.23. The molecule has 0 aliphatic carbocycles. The van der Waals surface area contributed by atoms with E-state index in [1.807, 2.05) is 18.2 Å². The number of rotatable bonds is 10. The lowest BCUT2D eigenvalue weighted by Gasteiger charge is -2.12. The molecule has 27 heavy (non-hydrogen) atoms. The molecular formula is C19H21Cl2N3O3. The number of hydrogen-bond donors (Lipinski definition) is 2. The van der Waals surface area contributed by atoms with Crippen molar-refractivity contribution in [2.24, 2.45) is 0 Å². The number of carbonyl (C=O) groups excluding carboxylic acids is 1. The first-order valence-corrected chi connectivity index (χ1v) is 9.01. The van der Waals surface area contributed by atoms with Crippen molar-refractivity contribution in [1.29, 1.82) is 0 Å². The summed E-state index contributed by atoms with van der Waals surface area (Å²) in [6, 6.07) is 7.14. The first kappa shape index (κ1) is 20.9. The highest BCUT2D eigenvalue weighted by Gasteiger charge is 2.08. The van der Waals surface area contributed by atoms with Gasteiger partial charge in [0.25, 0.3) is 5.91 Å². The molecule has 2 N–H and O–H groups in total. The zero-order valence-electron chi connectivity index (χ0n) is 14.9. The van der Waals surface area contributed by atoms with Gasteiger partial charge in [0.15, 0.2) is 18.1 Å². The number of methoxy groups -OCH3 is 1. The minimum absolute atomic E-state index is 0.114. The summed E-state index contributed by atoms with van der Waals surface area (Å²) in [5.74, 6) is 1.35. The van der Waals surface area contributed by atoms with Gasteiger partial charge >= 0.3 is 0 Å². The number of aromatic nitrogens is 1. The van der Waals surface area contributed by atoms with Gasteiger partial charge in [-0.05, 0) is 30.2 Å². The number of halogens is 2. The molecule has 0 unspecified atom stereocenters. The second kappa shape index (κ2) is 10.6. The lowest BCUT2D eigenvalue weighted by atomic mass is 10.1. The molecule has 0 saturated carbocycles. The highest BCUT2D eigenvalue weighted by Crippen LogP contribution is 2.28. The van der Waals surface area contributed by atoms with Crippen LogP contribution < -0.4 is 20.1 Å². The lowest BCUT2D eigenvalue weighted by Crippen LogP contribution is -2.32. The summed E-state index contributed by atoms with van der Waals surface area (Å²) >= 11 is 11.8. The molecular weight excluding hydrogens is 389 g/mol. The molecule has 0 aliphatic heterocycles. The topological polar surface area (TPSA) is 72.5 Å². The van der Waals surface area contributed by atoms with Crippen molar-refractivity contribution in [2.75, 3.05) is 32.1 Å². The molecule has 0 atom stereocenters. The average Bonchev–Trinajstić information content (AvgIpc) is 2.65. The maximum Gasteiger partial charge on any atom is 0.258 e. The van der Waals surface area contributed by atoms with Crippen LogP contribution in [0.15, 0.2) is 43.1 Å². The summed E-state index contributed by atoms with van der Waals surface area (Å²) in [5.41, 5.74) is 1.05. The van der Waals surface area contributed by atoms with Crippen LogP contribution >= 0.6 is 23.2 Å². The average molecular weight is 410 g/mol. The van der Waals surface area contributed by atoms with Crippen LogP contribution in [0.4, 0.5) is 5.82 Å². The molecule has 2 aromatic rings. The van der Waals surface area contributed by atoms with Crippen LogP contribution in [0.1, 0.15) is 5.56 Å². The monoisotopic (exact) mass is 409 g/mol. The number of pyridine rings is 1. The Labute approximate surface area is 168 Å². The van der Waals surface area contributed by atoms with Gasteiger partial charge in [-0.3, -0.25) is 4.79 Å². The summed E-state index contributed by atoms with van der Waals surface area (Å²) < 4.78 is 10.8. The Balaban J connectivity index is 1.75. The van der Waals surface area contributed by atoms with Crippen molar-refractivity contribution in [3.05, 3.63) is 58.7 Å². The summed E-state index contributed by atoms with van der Waals surface area (Å²) in [6.07, 6.45) is 4.04. The summed E-state index contributed by atoms with van der Waals surface area (Å²) in [6.45, 7) is 4.44. The second-order valence-corrected chi connectivity index (χ2v) is 6.37. The molecule has 0 aliphatic rings. The van der Waals surface area contributed by atoms with E-state index < -0.39 is 0 Å². The third-order valence-corrected chi connectivity index (χ3v) is 4.01. The molecule has 0 spiro atoms. The number of nitrogens with one attached hydrogen (secondary N) is 2. The van der Waals surface area contributed by atoms with Crippen molar-refractivity contribution >= 4 is 34.9 Å². The first-order chi connectivity index (χ1) is 13.0. The number of amides is 1. The Hall–Kier alpha value is -2.44. The maximum atomic E-state index is 11.9. The van der Waals surface area contributed by atoms with E-state index in [4.69, 9.17) is 32.7 Å². The summed E-state index contributed by atoms with van der Waals surface area (Å²) in [4.78, 5) is 16.0. The normalized spacial score (nSPS) is 10.2. The van der Waals surface area contributed by atoms with Gasteiger partial charge in [0.2, 0.25) is 0 Å². The van der Waals surface area contributed by atoms with Gasteiger partial charge in [-0.1, -0.05) is 35.3 Å². The molecule has 2 rings (SSSR count). The molecule has 1 amide bonds. The van der Waals surface area contributed by atoms with E-state index in [-0.39, 0.29) is 12.5 Å². The molecule has 0 fully saturated rings. The molecule has 144 valence electrons. The SMILES string of the molecule is C=CCc1ccc(OCC(=O)NCCNc2ncc(Cl)cc2Cl)c(OC)c1. The third-order valence-electron chi connectivity index (χ3n) is 3.51. The van der Waals surface area contributed by atoms with Gasteiger partial charge in [-0.2, -0.15) is 0 Å². The number of ether oxygens (including phenoxy) is 2. The lowest BCUT2D eigenvalue weighted by molar-refractivity contribution is -0.123. The van der Waals surface area contributed by atoms with Gasteiger partial charge in [0.1, 0.15) is 5.82 Å². The van der Waals surface area contributed by atoms with E-state index in [9.17, 15) is 4.79 Å². The largest absolute Gasteiger partial charge is 0.493 e. The van der Waals surface area contributed by atoms with Crippen LogP contribution in [0.2, 0.25) is 10.0 Å². The van der Waals surface area contributed by atoms with E-state index in [0.29, 0.717) is 40.5 Å². The van der Waals surface area contributed by atoms with Crippen molar-refractivity contribution in [2.45, 2.75) is 6.42 Å². The Morgan fingerprint density at radius 1 is 1.26 bits per heavy atom. The number of anilines is 1. The summed E-state index contributed by atoms with van der Waals surface area (Å²) in [7, 11) is 1.56. The van der Waals surface area contributed by atoms with Crippen LogP contribution in [0.25, 0.3) is 0 Å². The van der Waals surface area contributed by atoms with Crippen LogP contribution in [-0.4, -0.2) is 37.7 Å². The van der Waals surface area contributed by atoms with Gasteiger partial charge in [0.05, 0.1) is 17.2 Å². The number of benzene rings is 1. The second-order valence-electron chi connectivity index (χ2n) is 5.53. The van der Waals surface area contributed by atoms with E-state index in [0.717, 1.165) is 12.0 Å². The predicted octanol–water partition coefficient (Wildman–Crippen LogP) is 3.73. The fourth-order valence-corrected chi connectivity index (χ4v) is 2.69. The van der Waals surface area contributed by atoms with E-state index in [1.165, 1.54) is 6.20 Å². The van der Waals surface area contributed by atoms with Crippen LogP contribution in [0.3, 0.4) is 0 Å². The predicted molar refractivity (Wildman–Crippen MR) is 108 cm³/mol. The molecule has 6 nitrogen and oxygen atoms in total. The first-order valence-electron chi connectivity index (χ1n) is 8.25. The number of allylic oxidation sites excluding steroid dienone is 1. The van der Waals surface area contributed by atoms with Crippen molar-refractivity contribution in [1.82, 2.24) is 10.3 Å². The molecule has 1 heterocycles. The highest BCUT2D eigenvalue weighted by molar-refractivity contribution is 6.35. The minimum atomic E-state index is -0.246. The van der Waals surface area contributed by atoms with E-state index in [1.54, 1.807) is 19.2 Å². The molecule has 8 heteroatoms. The zero-order chi connectivity index (χ0) is 19.6. The van der Waals surface area contributed by atoms with Gasteiger partial charge in [-0.25, -0.2) is 4.98 Å². The van der Waals surface area contributed by atoms with E-state index >= 15 is 0 Å². The molecule has 1 aromatic carbocycles. The van der Waals surface area contributed by atoms with Crippen molar-refractivity contribution in [3.63, 3.8) is 0 Å². The van der Waals surface area contributed by atoms with E-state index in [2.05, 4.69) is 22.2 Å². The fraction of sp³-hybridized carbons (Fsp3) is 0.263. The van der Waals surface area contributed by atoms with Gasteiger partial charge in [0, 0.05) is 19.3 Å². The number of hydrogen-bond acceptors (Lipinski definition) is 5. The Morgan fingerprint density at radius 2 is 2.07 bits per heavy atom. The maximum absolute atomic E-state index is 11.9. The number of nitrogens with zero attached hydrogens (tertiary/aromatic N) is 1. The molecule has 1 aromatic heterocycles. The van der Waals surface area contributed by atoms with Crippen molar-refractivity contribution < 1.29 is 14.3 Å². The zero-order valence-corrected chi connectivity index (χ0v) is 16.4. The fourth-order valence-electron chi connectivity index (χ4n) is 2.25. The minimum Gasteiger partial charge on any atom is -0.493 e. The Morgan fingerprint density at radius 3 is 2.78 bits per heavy atom. The van der Waals surface area contributed by atoms with Gasteiger partial charge in [-0.15, -0.1) is 6.58 Å². The smallest absolute Gasteiger partial charge is 0.258 e. The number of carbonyl (C=O) groups is 1. The highest BCUT2D eigenvalue weighted by atomic mass is 35.5. The quantitative estimate of drug-likeness (QED) is 0.461. The van der Waals surface area contributed by atoms with Crippen LogP contribution in [0, 0.1) is 0 Å². The van der Waals surface area contributed by atoms with Crippen LogP contribution in [0.5, 0.6) is 11.5 Å².